The molecule has 0 N–H and O–H groups in total. The maximum Gasteiger partial charge on any atom is 0.119 e. The smallest absolute Gasteiger partial charge is 0.119 e. The molecular formula is C15H10N2OS. The van der Waals surface area contributed by atoms with Crippen LogP contribution in [0.15, 0.2) is 52.3 Å². The second kappa shape index (κ2) is 5.95. The Labute approximate surface area is 116 Å². The number of benzene rings is 2. The number of methoxy groups -OCH3 is 1. The van der Waals surface area contributed by atoms with Gasteiger partial charge in [-0.25, -0.2) is 0 Å². The van der Waals surface area contributed by atoms with Gasteiger partial charge in [0.2, 0.25) is 0 Å². The van der Waals surface area contributed by atoms with Crippen LogP contribution in [0.4, 0.5) is 0 Å². The first-order valence-electron chi connectivity index (χ1n) is 5.53. The van der Waals surface area contributed by atoms with Gasteiger partial charge in [-0.15, -0.1) is 0 Å². The van der Waals surface area contributed by atoms with Crippen LogP contribution in [0.2, 0.25) is 0 Å². The molecule has 2 rings (SSSR count). The van der Waals surface area contributed by atoms with Crippen molar-refractivity contribution in [3.8, 4) is 17.9 Å². The topological polar surface area (TPSA) is 56.8 Å². The maximum atomic E-state index is 9.12. The molecule has 0 aliphatic heterocycles. The van der Waals surface area contributed by atoms with Crippen LogP contribution in [0, 0.1) is 22.7 Å². The van der Waals surface area contributed by atoms with E-state index in [2.05, 4.69) is 12.1 Å². The summed E-state index contributed by atoms with van der Waals surface area (Å²) in [6, 6.07) is 16.9. The van der Waals surface area contributed by atoms with Crippen molar-refractivity contribution in [2.75, 3.05) is 7.11 Å². The van der Waals surface area contributed by atoms with Crippen LogP contribution in [-0.4, -0.2) is 7.11 Å². The summed E-state index contributed by atoms with van der Waals surface area (Å²) in [4.78, 5) is 1.61. The highest BCUT2D eigenvalue weighted by Gasteiger charge is 2.10. The van der Waals surface area contributed by atoms with Crippen molar-refractivity contribution < 1.29 is 4.74 Å². The van der Waals surface area contributed by atoms with Crippen molar-refractivity contribution in [2.45, 2.75) is 9.79 Å². The molecule has 0 saturated carbocycles. The highest BCUT2D eigenvalue weighted by molar-refractivity contribution is 7.99. The number of hydrogen-bond donors (Lipinski definition) is 0. The van der Waals surface area contributed by atoms with Gasteiger partial charge in [-0.1, -0.05) is 23.9 Å². The summed E-state index contributed by atoms with van der Waals surface area (Å²) >= 11 is 1.39. The van der Waals surface area contributed by atoms with Crippen molar-refractivity contribution in [3.63, 3.8) is 0 Å². The van der Waals surface area contributed by atoms with Gasteiger partial charge in [0.1, 0.15) is 17.9 Å². The summed E-state index contributed by atoms with van der Waals surface area (Å²) < 4.78 is 5.16. The molecule has 19 heavy (non-hydrogen) atoms. The summed E-state index contributed by atoms with van der Waals surface area (Å²) in [6.45, 7) is 0. The first-order chi connectivity index (χ1) is 9.28. The molecule has 0 heterocycles. The first-order valence-corrected chi connectivity index (χ1v) is 6.35. The molecule has 0 bridgehead atoms. The van der Waals surface area contributed by atoms with Crippen LogP contribution in [0.5, 0.6) is 5.75 Å². The van der Waals surface area contributed by atoms with Crippen LogP contribution in [-0.2, 0) is 0 Å². The van der Waals surface area contributed by atoms with E-state index in [0.29, 0.717) is 16.0 Å². The molecule has 0 fully saturated rings. The van der Waals surface area contributed by atoms with Gasteiger partial charge < -0.3 is 4.74 Å². The molecule has 0 amide bonds. The third kappa shape index (κ3) is 2.88. The Morgan fingerprint density at radius 3 is 2.21 bits per heavy atom. The van der Waals surface area contributed by atoms with Crippen LogP contribution in [0.25, 0.3) is 0 Å². The number of nitriles is 2. The Morgan fingerprint density at radius 1 is 1.00 bits per heavy atom. The van der Waals surface area contributed by atoms with E-state index in [0.717, 1.165) is 10.6 Å². The SMILES string of the molecule is COc1cccc(Sc2c(C#N)cccc2C#N)c1. The Bertz CT molecular complexity index is 651. The van der Waals surface area contributed by atoms with E-state index in [1.807, 2.05) is 24.3 Å². The van der Waals surface area contributed by atoms with Crippen molar-refractivity contribution in [2.24, 2.45) is 0 Å². The molecule has 0 atom stereocenters. The fraction of sp³-hybridized carbons (Fsp3) is 0.0667. The summed E-state index contributed by atoms with van der Waals surface area (Å²) in [7, 11) is 1.60. The Morgan fingerprint density at radius 2 is 1.63 bits per heavy atom. The highest BCUT2D eigenvalue weighted by Crippen LogP contribution is 2.34. The van der Waals surface area contributed by atoms with E-state index < -0.39 is 0 Å². The van der Waals surface area contributed by atoms with Gasteiger partial charge in [0, 0.05) is 9.79 Å². The third-order valence-electron chi connectivity index (χ3n) is 2.52. The monoisotopic (exact) mass is 266 g/mol. The molecule has 2 aromatic carbocycles. The van der Waals surface area contributed by atoms with Gasteiger partial charge in [0.25, 0.3) is 0 Å². The lowest BCUT2D eigenvalue weighted by molar-refractivity contribution is 0.413. The van der Waals surface area contributed by atoms with E-state index >= 15 is 0 Å². The molecule has 0 unspecified atom stereocenters. The predicted molar refractivity (Wildman–Crippen MR) is 73.0 cm³/mol. The second-order valence-electron chi connectivity index (χ2n) is 3.69. The number of hydrogen-bond acceptors (Lipinski definition) is 4. The van der Waals surface area contributed by atoms with Gasteiger partial charge >= 0.3 is 0 Å². The van der Waals surface area contributed by atoms with E-state index in [9.17, 15) is 0 Å². The highest BCUT2D eigenvalue weighted by atomic mass is 32.2. The average molecular weight is 266 g/mol. The number of ether oxygens (including phenoxy) is 1. The van der Waals surface area contributed by atoms with E-state index in [-0.39, 0.29) is 0 Å². The lowest BCUT2D eigenvalue weighted by Gasteiger charge is -2.07. The summed E-state index contributed by atoms with van der Waals surface area (Å²) in [5.41, 5.74) is 1.01. The zero-order valence-corrected chi connectivity index (χ0v) is 11.1. The molecule has 0 spiro atoms. The van der Waals surface area contributed by atoms with Gasteiger partial charge in [0.15, 0.2) is 0 Å². The molecule has 0 aromatic heterocycles. The third-order valence-corrected chi connectivity index (χ3v) is 3.65. The first kappa shape index (κ1) is 13.0. The Kier molecular flexibility index (Phi) is 4.07. The molecule has 92 valence electrons. The van der Waals surface area contributed by atoms with Crippen molar-refractivity contribution in [1.29, 1.82) is 10.5 Å². The minimum absolute atomic E-state index is 0.506. The standard InChI is InChI=1S/C15H10N2OS/c1-18-13-6-3-7-14(8-13)19-15-11(9-16)4-2-5-12(15)10-17/h2-8H,1H3. The van der Waals surface area contributed by atoms with Gasteiger partial charge in [-0.05, 0) is 30.3 Å². The second-order valence-corrected chi connectivity index (χ2v) is 4.77. The van der Waals surface area contributed by atoms with Gasteiger partial charge in [0.05, 0.1) is 18.2 Å². The van der Waals surface area contributed by atoms with Gasteiger partial charge in [-0.2, -0.15) is 10.5 Å². The maximum absolute atomic E-state index is 9.12. The van der Waals surface area contributed by atoms with Crippen molar-refractivity contribution in [1.82, 2.24) is 0 Å². The normalized spacial score (nSPS) is 9.42. The Hall–Kier alpha value is -2.43. The van der Waals surface area contributed by atoms with Crippen LogP contribution in [0.3, 0.4) is 0 Å². The van der Waals surface area contributed by atoms with Gasteiger partial charge in [-0.3, -0.25) is 0 Å². The molecule has 4 heteroatoms. The molecule has 0 saturated heterocycles. The fourth-order valence-corrected chi connectivity index (χ4v) is 2.61. The quantitative estimate of drug-likeness (QED) is 0.851. The Balaban J connectivity index is 2.43. The zero-order valence-electron chi connectivity index (χ0n) is 10.3. The lowest BCUT2D eigenvalue weighted by Crippen LogP contribution is -1.87. The van der Waals surface area contributed by atoms with Crippen molar-refractivity contribution in [3.05, 3.63) is 53.6 Å². The van der Waals surface area contributed by atoms with Crippen LogP contribution in [0.1, 0.15) is 11.1 Å². The zero-order chi connectivity index (χ0) is 13.7. The minimum atomic E-state index is 0.506. The van der Waals surface area contributed by atoms with E-state index in [4.69, 9.17) is 15.3 Å². The average Bonchev–Trinajstić information content (AvgIpc) is 2.47. The molecule has 0 radical (unpaired) electrons. The largest absolute Gasteiger partial charge is 0.497 e. The summed E-state index contributed by atoms with van der Waals surface area (Å²) in [5.74, 6) is 0.748. The van der Waals surface area contributed by atoms with Crippen LogP contribution < -0.4 is 4.74 Å². The van der Waals surface area contributed by atoms with E-state index in [1.165, 1.54) is 11.8 Å². The number of rotatable bonds is 3. The van der Waals surface area contributed by atoms with Crippen LogP contribution >= 0.6 is 11.8 Å². The molecular weight excluding hydrogens is 256 g/mol. The lowest BCUT2D eigenvalue weighted by atomic mass is 10.1. The van der Waals surface area contributed by atoms with Crippen molar-refractivity contribution >= 4 is 11.8 Å². The summed E-state index contributed by atoms with van der Waals surface area (Å²) in [6.07, 6.45) is 0. The predicted octanol–water partition coefficient (Wildman–Crippen LogP) is 3.59. The molecule has 0 aliphatic rings. The minimum Gasteiger partial charge on any atom is -0.497 e. The molecule has 3 nitrogen and oxygen atoms in total. The fourth-order valence-electron chi connectivity index (χ4n) is 1.61. The number of nitrogens with zero attached hydrogens (tertiary/aromatic N) is 2. The molecule has 0 aliphatic carbocycles. The molecule has 2 aromatic rings. The van der Waals surface area contributed by atoms with E-state index in [1.54, 1.807) is 25.3 Å². The summed E-state index contributed by atoms with van der Waals surface area (Å²) in [5, 5.41) is 18.2.